The van der Waals surface area contributed by atoms with E-state index in [-0.39, 0.29) is 5.78 Å². The molecule has 2 aromatic rings. The fraction of sp³-hybridized carbons (Fsp3) is 0.522. The van der Waals surface area contributed by atoms with Gasteiger partial charge in [0.15, 0.2) is 5.78 Å². The molecule has 7 heteroatoms. The second-order valence-corrected chi connectivity index (χ2v) is 10.5. The van der Waals surface area contributed by atoms with E-state index < -0.39 is 10.0 Å². The summed E-state index contributed by atoms with van der Waals surface area (Å²) in [5, 5.41) is 0. The smallest absolute Gasteiger partial charge is 0.243 e. The zero-order valence-electron chi connectivity index (χ0n) is 18.1. The predicted octanol–water partition coefficient (Wildman–Crippen LogP) is 2.71. The number of nitrogens with zero attached hydrogens (tertiary/aromatic N) is 3. The van der Waals surface area contributed by atoms with E-state index in [2.05, 4.69) is 4.90 Å². The van der Waals surface area contributed by atoms with Gasteiger partial charge in [-0.15, -0.1) is 0 Å². The monoisotopic (exact) mass is 429 g/mol. The third-order valence-corrected chi connectivity index (χ3v) is 8.63. The standard InChI is InChI=1S/C23H31N3O3S/c1-17-14-22(18(2)24(17)3)23(27)16-25-10-12-26(13-11-25)30(28,29)21-9-8-19-6-4-5-7-20(19)15-21/h8-9,14-15H,4-7,10-13,16H2,1-3H3. The lowest BCUT2D eigenvalue weighted by molar-refractivity contribution is 0.0901. The molecule has 30 heavy (non-hydrogen) atoms. The first-order valence-corrected chi connectivity index (χ1v) is 12.2. The van der Waals surface area contributed by atoms with Gasteiger partial charge in [-0.05, 0) is 68.9 Å². The molecule has 0 unspecified atom stereocenters. The molecule has 0 N–H and O–H groups in total. The molecule has 1 fully saturated rings. The number of Topliss-reactive ketones (excluding diaryl/α,β-unsaturated/α-hetero) is 1. The Kier molecular flexibility index (Phi) is 5.88. The van der Waals surface area contributed by atoms with E-state index in [9.17, 15) is 13.2 Å². The van der Waals surface area contributed by atoms with Gasteiger partial charge >= 0.3 is 0 Å². The van der Waals surface area contributed by atoms with Crippen molar-refractivity contribution in [1.82, 2.24) is 13.8 Å². The van der Waals surface area contributed by atoms with Crippen molar-refractivity contribution in [2.24, 2.45) is 7.05 Å². The first kappa shape index (κ1) is 21.3. The molecule has 6 nitrogen and oxygen atoms in total. The number of hydrogen-bond acceptors (Lipinski definition) is 4. The van der Waals surface area contributed by atoms with E-state index in [1.54, 1.807) is 10.4 Å². The van der Waals surface area contributed by atoms with Crippen molar-refractivity contribution in [3.05, 3.63) is 52.3 Å². The lowest BCUT2D eigenvalue weighted by atomic mass is 9.92. The molecule has 0 spiro atoms. The van der Waals surface area contributed by atoms with Crippen LogP contribution in [0.4, 0.5) is 0 Å². The molecule has 1 aliphatic heterocycles. The van der Waals surface area contributed by atoms with Crippen LogP contribution >= 0.6 is 0 Å². The molecule has 0 amide bonds. The van der Waals surface area contributed by atoms with Crippen LogP contribution in [0.2, 0.25) is 0 Å². The summed E-state index contributed by atoms with van der Waals surface area (Å²) >= 11 is 0. The fourth-order valence-corrected chi connectivity index (χ4v) is 6.05. The number of hydrogen-bond donors (Lipinski definition) is 0. The number of piperazine rings is 1. The maximum Gasteiger partial charge on any atom is 0.243 e. The van der Waals surface area contributed by atoms with Crippen LogP contribution in [-0.4, -0.2) is 60.7 Å². The molecule has 162 valence electrons. The summed E-state index contributed by atoms with van der Waals surface area (Å²) in [5.41, 5.74) is 5.28. The summed E-state index contributed by atoms with van der Waals surface area (Å²) in [6, 6.07) is 7.56. The minimum Gasteiger partial charge on any atom is -0.351 e. The summed E-state index contributed by atoms with van der Waals surface area (Å²) < 4.78 is 29.9. The van der Waals surface area contributed by atoms with E-state index in [1.807, 2.05) is 43.7 Å². The largest absolute Gasteiger partial charge is 0.351 e. The number of sulfonamides is 1. The van der Waals surface area contributed by atoms with E-state index in [1.165, 1.54) is 17.5 Å². The average molecular weight is 430 g/mol. The number of aromatic nitrogens is 1. The van der Waals surface area contributed by atoms with Crippen molar-refractivity contribution in [3.8, 4) is 0 Å². The van der Waals surface area contributed by atoms with Crippen molar-refractivity contribution in [1.29, 1.82) is 0 Å². The van der Waals surface area contributed by atoms with Crippen LogP contribution in [0.5, 0.6) is 0 Å². The zero-order chi connectivity index (χ0) is 21.5. The summed E-state index contributed by atoms with van der Waals surface area (Å²) in [7, 11) is -1.53. The minimum atomic E-state index is -3.49. The number of aryl methyl sites for hydroxylation is 3. The molecule has 0 radical (unpaired) electrons. The molecule has 2 heterocycles. The molecular weight excluding hydrogens is 398 g/mol. The quantitative estimate of drug-likeness (QED) is 0.686. The van der Waals surface area contributed by atoms with Crippen LogP contribution in [0.15, 0.2) is 29.2 Å². The molecule has 1 aliphatic carbocycles. The summed E-state index contributed by atoms with van der Waals surface area (Å²) in [5.74, 6) is 0.0993. The molecule has 2 aliphatic rings. The highest BCUT2D eigenvalue weighted by Crippen LogP contribution is 2.26. The number of carbonyl (C=O) groups is 1. The molecule has 0 bridgehead atoms. The molecule has 1 saturated heterocycles. The van der Waals surface area contributed by atoms with Crippen LogP contribution in [-0.2, 0) is 29.9 Å². The third kappa shape index (κ3) is 3.98. The van der Waals surface area contributed by atoms with Crippen molar-refractivity contribution < 1.29 is 13.2 Å². The maximum atomic E-state index is 13.1. The van der Waals surface area contributed by atoms with Gasteiger partial charge in [-0.1, -0.05) is 6.07 Å². The highest BCUT2D eigenvalue weighted by atomic mass is 32.2. The van der Waals surface area contributed by atoms with Gasteiger partial charge in [0.25, 0.3) is 0 Å². The van der Waals surface area contributed by atoms with Gasteiger partial charge < -0.3 is 4.57 Å². The SMILES string of the molecule is Cc1cc(C(=O)CN2CCN(S(=O)(=O)c3ccc4c(c3)CCCC4)CC2)c(C)n1C. The second-order valence-electron chi connectivity index (χ2n) is 8.58. The lowest BCUT2D eigenvalue weighted by Gasteiger charge is -2.33. The van der Waals surface area contributed by atoms with Gasteiger partial charge in [0.2, 0.25) is 10.0 Å². The molecule has 0 atom stereocenters. The van der Waals surface area contributed by atoms with Gasteiger partial charge in [-0.25, -0.2) is 8.42 Å². The third-order valence-electron chi connectivity index (χ3n) is 6.73. The lowest BCUT2D eigenvalue weighted by Crippen LogP contribution is -2.49. The van der Waals surface area contributed by atoms with Gasteiger partial charge in [0.05, 0.1) is 11.4 Å². The number of rotatable bonds is 5. The van der Waals surface area contributed by atoms with Crippen LogP contribution in [0.1, 0.15) is 45.7 Å². The molecular formula is C23H31N3O3S. The Labute approximate surface area is 179 Å². The normalized spacial score (nSPS) is 18.4. The first-order valence-electron chi connectivity index (χ1n) is 10.8. The Bertz CT molecular complexity index is 1060. The Morgan fingerprint density at radius 1 is 0.967 bits per heavy atom. The van der Waals surface area contributed by atoms with Crippen molar-refractivity contribution >= 4 is 15.8 Å². The van der Waals surface area contributed by atoms with Gasteiger partial charge in [0, 0.05) is 50.2 Å². The van der Waals surface area contributed by atoms with Crippen molar-refractivity contribution in [2.75, 3.05) is 32.7 Å². The predicted molar refractivity (Wildman–Crippen MR) is 118 cm³/mol. The van der Waals surface area contributed by atoms with Crippen molar-refractivity contribution in [2.45, 2.75) is 44.4 Å². The Hall–Kier alpha value is -1.96. The van der Waals surface area contributed by atoms with Gasteiger partial charge in [-0.3, -0.25) is 9.69 Å². The van der Waals surface area contributed by atoms with Gasteiger partial charge in [0.1, 0.15) is 0 Å². The maximum absolute atomic E-state index is 13.1. The fourth-order valence-electron chi connectivity index (χ4n) is 4.57. The van der Waals surface area contributed by atoms with E-state index in [4.69, 9.17) is 0 Å². The van der Waals surface area contributed by atoms with Crippen molar-refractivity contribution in [3.63, 3.8) is 0 Å². The van der Waals surface area contributed by atoms with Crippen LogP contribution < -0.4 is 0 Å². The van der Waals surface area contributed by atoms with E-state index in [0.29, 0.717) is 37.6 Å². The Morgan fingerprint density at radius 3 is 2.27 bits per heavy atom. The molecule has 0 saturated carbocycles. The topological polar surface area (TPSA) is 62.6 Å². The Morgan fingerprint density at radius 2 is 1.63 bits per heavy atom. The Balaban J connectivity index is 1.40. The number of benzene rings is 1. The van der Waals surface area contributed by atoms with E-state index in [0.717, 1.165) is 36.2 Å². The van der Waals surface area contributed by atoms with Crippen LogP contribution in [0, 0.1) is 13.8 Å². The summed E-state index contributed by atoms with van der Waals surface area (Å²) in [4.78, 5) is 15.2. The second kappa shape index (κ2) is 8.29. The van der Waals surface area contributed by atoms with Crippen LogP contribution in [0.3, 0.4) is 0 Å². The zero-order valence-corrected chi connectivity index (χ0v) is 19.0. The summed E-state index contributed by atoms with van der Waals surface area (Å²) in [6.07, 6.45) is 4.32. The average Bonchev–Trinajstić information content (AvgIpc) is 3.01. The van der Waals surface area contributed by atoms with Gasteiger partial charge in [-0.2, -0.15) is 4.31 Å². The minimum absolute atomic E-state index is 0.0993. The van der Waals surface area contributed by atoms with E-state index >= 15 is 0 Å². The molecule has 4 rings (SSSR count). The highest BCUT2D eigenvalue weighted by molar-refractivity contribution is 7.89. The highest BCUT2D eigenvalue weighted by Gasteiger charge is 2.30. The number of fused-ring (bicyclic) bond motifs is 1. The number of ketones is 1. The first-order chi connectivity index (χ1) is 14.3. The molecule has 1 aromatic carbocycles. The van der Waals surface area contributed by atoms with Crippen LogP contribution in [0.25, 0.3) is 0 Å². The number of carbonyl (C=O) groups excluding carboxylic acids is 1. The summed E-state index contributed by atoms with van der Waals surface area (Å²) in [6.45, 7) is 6.26. The molecule has 1 aromatic heterocycles.